The highest BCUT2D eigenvalue weighted by Crippen LogP contribution is 2.28. The van der Waals surface area contributed by atoms with E-state index in [9.17, 15) is 0 Å². The van der Waals surface area contributed by atoms with E-state index in [4.69, 9.17) is 0 Å². The van der Waals surface area contributed by atoms with Crippen molar-refractivity contribution in [2.24, 2.45) is 0 Å². The van der Waals surface area contributed by atoms with Crippen LogP contribution in [0.5, 0.6) is 0 Å². The molecule has 0 radical (unpaired) electrons. The molecule has 0 bridgehead atoms. The van der Waals surface area contributed by atoms with Crippen molar-refractivity contribution >= 4 is 17.0 Å². The highest BCUT2D eigenvalue weighted by Gasteiger charge is 2.05. The lowest BCUT2D eigenvalue weighted by atomic mass is 10.00. The number of fused-ring (bicyclic) bond motifs is 1. The van der Waals surface area contributed by atoms with Gasteiger partial charge in [0, 0.05) is 36.7 Å². The number of pyridine rings is 2. The third-order valence-corrected chi connectivity index (χ3v) is 3.92. The van der Waals surface area contributed by atoms with Gasteiger partial charge in [0.1, 0.15) is 0 Å². The Bertz CT molecular complexity index is 880. The third kappa shape index (κ3) is 3.14. The molecule has 3 heteroatoms. The van der Waals surface area contributed by atoms with Crippen molar-refractivity contribution in [3.05, 3.63) is 78.4 Å². The molecule has 0 atom stereocenters. The second-order valence-corrected chi connectivity index (χ2v) is 5.43. The standard InChI is InChI=1S/C20H19N3/c1-14(15(2)21-3)12-16-4-5-20-19(13-16)18(8-11-23-20)17-6-9-22-10-7-17/h4-13,21H,2H2,1,3H3/b14-12+. The van der Waals surface area contributed by atoms with E-state index in [-0.39, 0.29) is 0 Å². The quantitative estimate of drug-likeness (QED) is 0.724. The zero-order chi connectivity index (χ0) is 16.2. The van der Waals surface area contributed by atoms with Crippen molar-refractivity contribution in [2.75, 3.05) is 7.05 Å². The molecular formula is C20H19N3. The molecule has 3 nitrogen and oxygen atoms in total. The van der Waals surface area contributed by atoms with Crippen LogP contribution in [0.4, 0.5) is 0 Å². The second kappa shape index (κ2) is 6.44. The van der Waals surface area contributed by atoms with Crippen LogP contribution < -0.4 is 5.32 Å². The van der Waals surface area contributed by atoms with Gasteiger partial charge in [-0.2, -0.15) is 0 Å². The zero-order valence-electron chi connectivity index (χ0n) is 13.4. The summed E-state index contributed by atoms with van der Waals surface area (Å²) in [6.45, 7) is 6.05. The van der Waals surface area contributed by atoms with E-state index in [1.165, 1.54) is 0 Å². The lowest BCUT2D eigenvalue weighted by Crippen LogP contribution is -2.04. The summed E-state index contributed by atoms with van der Waals surface area (Å²) < 4.78 is 0. The SMILES string of the molecule is C=C(NC)/C(C)=C/c1ccc2nccc(-c3ccncc3)c2c1. The Morgan fingerprint density at radius 1 is 1.09 bits per heavy atom. The first-order valence-electron chi connectivity index (χ1n) is 7.53. The van der Waals surface area contributed by atoms with Gasteiger partial charge in [-0.25, -0.2) is 0 Å². The number of hydrogen-bond acceptors (Lipinski definition) is 3. The first-order valence-corrected chi connectivity index (χ1v) is 7.53. The third-order valence-electron chi connectivity index (χ3n) is 3.92. The fraction of sp³-hybridized carbons (Fsp3) is 0.100. The van der Waals surface area contributed by atoms with E-state index < -0.39 is 0 Å². The summed E-state index contributed by atoms with van der Waals surface area (Å²) in [6.07, 6.45) is 7.60. The molecule has 0 spiro atoms. The lowest BCUT2D eigenvalue weighted by molar-refractivity contribution is 1.01. The fourth-order valence-corrected chi connectivity index (χ4v) is 2.57. The van der Waals surface area contributed by atoms with Crippen molar-refractivity contribution in [2.45, 2.75) is 6.92 Å². The molecule has 0 aliphatic carbocycles. The number of benzene rings is 1. The molecule has 0 saturated carbocycles. The monoisotopic (exact) mass is 301 g/mol. The van der Waals surface area contributed by atoms with E-state index >= 15 is 0 Å². The minimum atomic E-state index is 0.922. The summed E-state index contributed by atoms with van der Waals surface area (Å²) in [5.74, 6) is 0. The van der Waals surface area contributed by atoms with Crippen LogP contribution in [0.1, 0.15) is 12.5 Å². The molecule has 0 aliphatic rings. The van der Waals surface area contributed by atoms with Crippen molar-refractivity contribution in [3.63, 3.8) is 0 Å². The molecule has 3 rings (SSSR count). The van der Waals surface area contributed by atoms with Gasteiger partial charge < -0.3 is 5.32 Å². The average molecular weight is 301 g/mol. The number of hydrogen-bond donors (Lipinski definition) is 1. The Morgan fingerprint density at radius 3 is 2.61 bits per heavy atom. The summed E-state index contributed by atoms with van der Waals surface area (Å²) >= 11 is 0. The van der Waals surface area contributed by atoms with Crippen LogP contribution in [0.15, 0.2) is 72.8 Å². The number of nitrogens with one attached hydrogen (secondary N) is 1. The van der Waals surface area contributed by atoms with E-state index in [1.807, 2.05) is 43.8 Å². The molecule has 2 aromatic heterocycles. The summed E-state index contributed by atoms with van der Waals surface area (Å²) in [5.41, 5.74) is 6.46. The molecule has 0 amide bonds. The van der Waals surface area contributed by atoms with Gasteiger partial charge in [-0.3, -0.25) is 9.97 Å². The van der Waals surface area contributed by atoms with Gasteiger partial charge in [0.15, 0.2) is 0 Å². The molecule has 0 fully saturated rings. The van der Waals surface area contributed by atoms with Crippen LogP contribution in [0.3, 0.4) is 0 Å². The number of allylic oxidation sites excluding steroid dienone is 1. The number of nitrogens with zero attached hydrogens (tertiary/aromatic N) is 2. The number of rotatable bonds is 4. The molecule has 1 aromatic carbocycles. The predicted molar refractivity (Wildman–Crippen MR) is 96.8 cm³/mol. The summed E-state index contributed by atoms with van der Waals surface area (Å²) in [4.78, 5) is 8.57. The topological polar surface area (TPSA) is 37.8 Å². The largest absolute Gasteiger partial charge is 0.388 e. The first-order chi connectivity index (χ1) is 11.2. The minimum absolute atomic E-state index is 0.922. The molecule has 1 N–H and O–H groups in total. The van der Waals surface area contributed by atoms with Crippen molar-refractivity contribution < 1.29 is 0 Å². The minimum Gasteiger partial charge on any atom is -0.388 e. The highest BCUT2D eigenvalue weighted by molar-refractivity contribution is 5.95. The van der Waals surface area contributed by atoms with E-state index in [0.29, 0.717) is 0 Å². The Kier molecular flexibility index (Phi) is 4.20. The van der Waals surface area contributed by atoms with Crippen LogP contribution in [0, 0.1) is 0 Å². The predicted octanol–water partition coefficient (Wildman–Crippen LogP) is 4.43. The Hall–Kier alpha value is -2.94. The molecule has 0 unspecified atom stereocenters. The van der Waals surface area contributed by atoms with Crippen molar-refractivity contribution in [1.29, 1.82) is 0 Å². The number of likely N-dealkylation sites (N-methyl/N-ethyl adjacent to an activating group) is 1. The van der Waals surface area contributed by atoms with Gasteiger partial charge in [0.05, 0.1) is 5.52 Å². The van der Waals surface area contributed by atoms with Crippen molar-refractivity contribution in [3.8, 4) is 11.1 Å². The second-order valence-electron chi connectivity index (χ2n) is 5.43. The van der Waals surface area contributed by atoms with Gasteiger partial charge in [-0.15, -0.1) is 0 Å². The first kappa shape index (κ1) is 15.0. The van der Waals surface area contributed by atoms with Crippen LogP contribution in [-0.2, 0) is 0 Å². The summed E-state index contributed by atoms with van der Waals surface area (Å²) in [6, 6.07) is 12.4. The lowest BCUT2D eigenvalue weighted by Gasteiger charge is -2.08. The van der Waals surface area contributed by atoms with Gasteiger partial charge in [-0.1, -0.05) is 12.6 Å². The molecule has 23 heavy (non-hydrogen) atoms. The zero-order valence-corrected chi connectivity index (χ0v) is 13.4. The van der Waals surface area contributed by atoms with Gasteiger partial charge in [0.2, 0.25) is 0 Å². The Labute approximate surface area is 136 Å². The maximum absolute atomic E-state index is 4.47. The van der Waals surface area contributed by atoms with Gasteiger partial charge >= 0.3 is 0 Å². The van der Waals surface area contributed by atoms with Crippen LogP contribution in [-0.4, -0.2) is 17.0 Å². The van der Waals surface area contributed by atoms with Crippen LogP contribution in [0.25, 0.3) is 28.1 Å². The van der Waals surface area contributed by atoms with E-state index in [0.717, 1.165) is 38.9 Å². The van der Waals surface area contributed by atoms with Crippen LogP contribution >= 0.6 is 0 Å². The van der Waals surface area contributed by atoms with Gasteiger partial charge in [-0.05, 0) is 65.6 Å². The summed E-state index contributed by atoms with van der Waals surface area (Å²) in [7, 11) is 1.88. The van der Waals surface area contributed by atoms with E-state index in [1.54, 1.807) is 0 Å². The van der Waals surface area contributed by atoms with Crippen LogP contribution in [0.2, 0.25) is 0 Å². The number of aromatic nitrogens is 2. The molecular weight excluding hydrogens is 282 g/mol. The molecule has 0 saturated heterocycles. The smallest absolute Gasteiger partial charge is 0.0708 e. The Morgan fingerprint density at radius 2 is 1.87 bits per heavy atom. The fourth-order valence-electron chi connectivity index (χ4n) is 2.57. The Balaban J connectivity index is 2.14. The molecule has 2 heterocycles. The normalized spacial score (nSPS) is 11.5. The summed E-state index contributed by atoms with van der Waals surface area (Å²) in [5, 5.41) is 4.21. The van der Waals surface area contributed by atoms with E-state index in [2.05, 4.69) is 53.1 Å². The molecule has 114 valence electrons. The van der Waals surface area contributed by atoms with Crippen molar-refractivity contribution in [1.82, 2.24) is 15.3 Å². The molecule has 3 aromatic rings. The molecule has 0 aliphatic heterocycles. The highest BCUT2D eigenvalue weighted by atomic mass is 14.8. The maximum atomic E-state index is 4.47. The average Bonchev–Trinajstić information content (AvgIpc) is 2.61. The maximum Gasteiger partial charge on any atom is 0.0708 e. The van der Waals surface area contributed by atoms with Gasteiger partial charge in [0.25, 0.3) is 0 Å².